The second-order valence-electron chi connectivity index (χ2n) is 2.11. The maximum Gasteiger partial charge on any atom is 0.138 e. The van der Waals surface area contributed by atoms with Crippen LogP contribution in [-0.2, 0) is 0 Å². The standard InChI is InChI=1S/C7H7NOS/c8-5-1-2-6-7(3-5)10-4-9-6/h1-3H,4,8H2. The summed E-state index contributed by atoms with van der Waals surface area (Å²) >= 11 is 1.68. The molecule has 1 aromatic rings. The zero-order valence-corrected chi connectivity index (χ0v) is 6.15. The lowest BCUT2D eigenvalue weighted by Crippen LogP contribution is -1.84. The van der Waals surface area contributed by atoms with Crippen molar-refractivity contribution in [2.45, 2.75) is 4.90 Å². The summed E-state index contributed by atoms with van der Waals surface area (Å²) in [5, 5.41) is 0. The van der Waals surface area contributed by atoms with E-state index in [1.54, 1.807) is 11.8 Å². The molecule has 2 N–H and O–H groups in total. The van der Waals surface area contributed by atoms with Crippen molar-refractivity contribution in [2.24, 2.45) is 0 Å². The highest BCUT2D eigenvalue weighted by Crippen LogP contribution is 2.36. The lowest BCUT2D eigenvalue weighted by Gasteiger charge is -1.96. The maximum absolute atomic E-state index is 5.56. The fraction of sp³-hybridized carbons (Fsp3) is 0.143. The van der Waals surface area contributed by atoms with E-state index in [0.29, 0.717) is 0 Å². The third kappa shape index (κ3) is 0.827. The van der Waals surface area contributed by atoms with Crippen LogP contribution in [0.5, 0.6) is 5.75 Å². The van der Waals surface area contributed by atoms with Crippen molar-refractivity contribution in [1.29, 1.82) is 0 Å². The van der Waals surface area contributed by atoms with Crippen LogP contribution in [-0.4, -0.2) is 5.94 Å². The second kappa shape index (κ2) is 2.09. The van der Waals surface area contributed by atoms with E-state index in [0.717, 1.165) is 22.3 Å². The van der Waals surface area contributed by atoms with E-state index in [9.17, 15) is 0 Å². The minimum atomic E-state index is 0.721. The minimum absolute atomic E-state index is 0.721. The van der Waals surface area contributed by atoms with E-state index in [-0.39, 0.29) is 0 Å². The molecule has 0 unspecified atom stereocenters. The molecule has 0 amide bonds. The molecule has 0 aromatic heterocycles. The Morgan fingerprint density at radius 1 is 1.50 bits per heavy atom. The minimum Gasteiger partial charge on any atom is -0.481 e. The third-order valence-corrected chi connectivity index (χ3v) is 2.26. The van der Waals surface area contributed by atoms with Gasteiger partial charge in [0.1, 0.15) is 11.7 Å². The van der Waals surface area contributed by atoms with Crippen LogP contribution in [0.25, 0.3) is 0 Å². The fourth-order valence-electron chi connectivity index (χ4n) is 0.913. The van der Waals surface area contributed by atoms with Gasteiger partial charge in [-0.3, -0.25) is 0 Å². The predicted octanol–water partition coefficient (Wildman–Crippen LogP) is 1.71. The molecule has 0 saturated heterocycles. The molecule has 0 fully saturated rings. The lowest BCUT2D eigenvalue weighted by atomic mass is 10.3. The first-order valence-electron chi connectivity index (χ1n) is 3.01. The molecule has 1 aliphatic heterocycles. The van der Waals surface area contributed by atoms with Gasteiger partial charge in [-0.2, -0.15) is 0 Å². The van der Waals surface area contributed by atoms with Gasteiger partial charge in [-0.05, 0) is 18.2 Å². The Bertz CT molecular complexity index is 262. The van der Waals surface area contributed by atoms with E-state index < -0.39 is 0 Å². The second-order valence-corrected chi connectivity index (χ2v) is 3.08. The Kier molecular flexibility index (Phi) is 1.24. The van der Waals surface area contributed by atoms with Crippen LogP contribution in [0.2, 0.25) is 0 Å². The zero-order valence-electron chi connectivity index (χ0n) is 5.33. The summed E-state index contributed by atoms with van der Waals surface area (Å²) in [7, 11) is 0. The largest absolute Gasteiger partial charge is 0.481 e. The number of anilines is 1. The fourth-order valence-corrected chi connectivity index (χ4v) is 1.71. The number of rotatable bonds is 0. The van der Waals surface area contributed by atoms with Crippen LogP contribution >= 0.6 is 11.8 Å². The van der Waals surface area contributed by atoms with Gasteiger partial charge in [-0.15, -0.1) is 0 Å². The third-order valence-electron chi connectivity index (χ3n) is 1.40. The molecular formula is C7H7NOS. The summed E-state index contributed by atoms with van der Waals surface area (Å²) in [5.74, 6) is 1.68. The molecule has 0 aliphatic carbocycles. The lowest BCUT2D eigenvalue weighted by molar-refractivity contribution is 0.397. The number of fused-ring (bicyclic) bond motifs is 1. The van der Waals surface area contributed by atoms with E-state index >= 15 is 0 Å². The molecule has 0 bridgehead atoms. The maximum atomic E-state index is 5.56. The molecule has 52 valence electrons. The van der Waals surface area contributed by atoms with Gasteiger partial charge in [-0.1, -0.05) is 11.8 Å². The number of hydrogen-bond acceptors (Lipinski definition) is 3. The van der Waals surface area contributed by atoms with Crippen molar-refractivity contribution >= 4 is 17.4 Å². The first-order chi connectivity index (χ1) is 4.86. The van der Waals surface area contributed by atoms with Gasteiger partial charge in [0.15, 0.2) is 0 Å². The summed E-state index contributed by atoms with van der Waals surface area (Å²) in [6.07, 6.45) is 0. The summed E-state index contributed by atoms with van der Waals surface area (Å²) in [5.41, 5.74) is 6.36. The average Bonchev–Trinajstić information content (AvgIpc) is 2.33. The van der Waals surface area contributed by atoms with Crippen molar-refractivity contribution in [3.8, 4) is 5.75 Å². The van der Waals surface area contributed by atoms with Crippen molar-refractivity contribution in [3.05, 3.63) is 18.2 Å². The van der Waals surface area contributed by atoms with E-state index in [2.05, 4.69) is 0 Å². The van der Waals surface area contributed by atoms with Gasteiger partial charge >= 0.3 is 0 Å². The SMILES string of the molecule is Nc1ccc2c(c1)SCO2. The smallest absolute Gasteiger partial charge is 0.138 e. The van der Waals surface area contributed by atoms with E-state index in [4.69, 9.17) is 10.5 Å². The van der Waals surface area contributed by atoms with Crippen molar-refractivity contribution in [1.82, 2.24) is 0 Å². The monoisotopic (exact) mass is 153 g/mol. The molecule has 0 atom stereocenters. The number of ether oxygens (including phenoxy) is 1. The number of thioether (sulfide) groups is 1. The molecule has 1 heterocycles. The van der Waals surface area contributed by atoms with Crippen molar-refractivity contribution in [2.75, 3.05) is 11.7 Å². The van der Waals surface area contributed by atoms with Crippen LogP contribution in [0.3, 0.4) is 0 Å². The van der Waals surface area contributed by atoms with Crippen LogP contribution in [0.1, 0.15) is 0 Å². The van der Waals surface area contributed by atoms with Gasteiger partial charge in [0, 0.05) is 5.69 Å². The molecule has 2 rings (SSSR count). The topological polar surface area (TPSA) is 35.2 Å². The van der Waals surface area contributed by atoms with E-state index in [1.165, 1.54) is 0 Å². The van der Waals surface area contributed by atoms with Crippen LogP contribution < -0.4 is 10.5 Å². The van der Waals surface area contributed by atoms with Crippen LogP contribution in [0.4, 0.5) is 5.69 Å². The average molecular weight is 153 g/mol. The van der Waals surface area contributed by atoms with Gasteiger partial charge in [0.2, 0.25) is 0 Å². The Morgan fingerprint density at radius 3 is 3.30 bits per heavy atom. The first-order valence-corrected chi connectivity index (χ1v) is 4.00. The Balaban J connectivity index is 2.52. The van der Waals surface area contributed by atoms with Crippen LogP contribution in [0, 0.1) is 0 Å². The molecule has 0 saturated carbocycles. The number of nitrogen functional groups attached to an aromatic ring is 1. The molecule has 2 nitrogen and oxygen atoms in total. The number of hydrogen-bond donors (Lipinski definition) is 1. The highest BCUT2D eigenvalue weighted by atomic mass is 32.2. The van der Waals surface area contributed by atoms with Gasteiger partial charge in [0.25, 0.3) is 0 Å². The molecule has 0 spiro atoms. The van der Waals surface area contributed by atoms with Crippen molar-refractivity contribution < 1.29 is 4.74 Å². The van der Waals surface area contributed by atoms with Gasteiger partial charge < -0.3 is 10.5 Å². The van der Waals surface area contributed by atoms with Gasteiger partial charge in [-0.25, -0.2) is 0 Å². The highest BCUT2D eigenvalue weighted by Gasteiger charge is 2.11. The van der Waals surface area contributed by atoms with Crippen LogP contribution in [0.15, 0.2) is 23.1 Å². The summed E-state index contributed by atoms with van der Waals surface area (Å²) in [4.78, 5) is 1.15. The normalized spacial score (nSPS) is 14.4. The molecular weight excluding hydrogens is 146 g/mol. The molecule has 1 aromatic carbocycles. The number of benzene rings is 1. The van der Waals surface area contributed by atoms with E-state index in [1.807, 2.05) is 18.2 Å². The summed E-state index contributed by atoms with van der Waals surface area (Å²) in [6, 6.07) is 5.70. The predicted molar refractivity (Wildman–Crippen MR) is 42.2 cm³/mol. The zero-order chi connectivity index (χ0) is 6.97. The summed E-state index contributed by atoms with van der Waals surface area (Å²) < 4.78 is 5.26. The highest BCUT2D eigenvalue weighted by molar-refractivity contribution is 7.99. The number of nitrogens with two attached hydrogens (primary N) is 1. The summed E-state index contributed by atoms with van der Waals surface area (Å²) in [6.45, 7) is 0. The van der Waals surface area contributed by atoms with Gasteiger partial charge in [0.05, 0.1) is 4.90 Å². The molecule has 10 heavy (non-hydrogen) atoms. The Labute approximate surface area is 63.4 Å². The first kappa shape index (κ1) is 5.92. The quantitative estimate of drug-likeness (QED) is 0.576. The molecule has 1 aliphatic rings. The van der Waals surface area contributed by atoms with Crippen molar-refractivity contribution in [3.63, 3.8) is 0 Å². The Hall–Kier alpha value is -0.830. The molecule has 3 heteroatoms. The Morgan fingerprint density at radius 2 is 2.40 bits per heavy atom. The molecule has 0 radical (unpaired) electrons.